The normalized spacial score (nSPS) is 25.1. The van der Waals surface area contributed by atoms with Crippen LogP contribution in [0.3, 0.4) is 0 Å². The van der Waals surface area contributed by atoms with Crippen LogP contribution in [0.5, 0.6) is 0 Å². The second-order valence-corrected chi connectivity index (χ2v) is 3.31. The molecule has 0 aromatic carbocycles. The predicted molar refractivity (Wildman–Crippen MR) is 54.0 cm³/mol. The molecule has 0 spiro atoms. The fourth-order valence-electron chi connectivity index (χ4n) is 1.60. The molecular weight excluding hydrogens is 196 g/mol. The third-order valence-corrected chi connectivity index (χ3v) is 2.32. The Hall–Kier alpha value is -1.64. The van der Waals surface area contributed by atoms with E-state index in [2.05, 4.69) is 13.2 Å². The first-order chi connectivity index (χ1) is 7.11. The third-order valence-electron chi connectivity index (χ3n) is 2.32. The topological polar surface area (TPSA) is 63.6 Å². The minimum Gasteiger partial charge on any atom is -0.481 e. The maximum absolute atomic E-state index is 10.9. The summed E-state index contributed by atoms with van der Waals surface area (Å²) in [6.07, 6.45) is 0.995. The SMILES string of the molecule is C=CCO[C@H]1C(=C=O)C(=C)C[C@@H]1C(=O)O. The summed E-state index contributed by atoms with van der Waals surface area (Å²) in [7, 11) is 0. The van der Waals surface area contributed by atoms with Crippen LogP contribution in [0.15, 0.2) is 30.4 Å². The molecule has 0 radical (unpaired) electrons. The van der Waals surface area contributed by atoms with Gasteiger partial charge in [-0.25, -0.2) is 4.79 Å². The van der Waals surface area contributed by atoms with Gasteiger partial charge in [-0.05, 0) is 12.0 Å². The van der Waals surface area contributed by atoms with Crippen LogP contribution < -0.4 is 0 Å². The minimum absolute atomic E-state index is 0.201. The number of carboxylic acid groups (broad SMARTS) is 1. The second-order valence-electron chi connectivity index (χ2n) is 3.31. The van der Waals surface area contributed by atoms with Crippen LogP contribution >= 0.6 is 0 Å². The number of rotatable bonds is 4. The van der Waals surface area contributed by atoms with Crippen molar-refractivity contribution in [2.75, 3.05) is 6.61 Å². The second kappa shape index (κ2) is 4.73. The number of aliphatic carboxylic acids is 1. The van der Waals surface area contributed by atoms with E-state index in [0.717, 1.165) is 0 Å². The van der Waals surface area contributed by atoms with Crippen molar-refractivity contribution in [2.24, 2.45) is 5.92 Å². The molecule has 1 aliphatic rings. The summed E-state index contributed by atoms with van der Waals surface area (Å²) in [6, 6.07) is 0. The van der Waals surface area contributed by atoms with Crippen molar-refractivity contribution in [3.63, 3.8) is 0 Å². The Morgan fingerprint density at radius 2 is 2.40 bits per heavy atom. The third kappa shape index (κ3) is 2.24. The number of carbonyl (C=O) groups excluding carboxylic acids is 1. The first-order valence-electron chi connectivity index (χ1n) is 4.50. The fourth-order valence-corrected chi connectivity index (χ4v) is 1.60. The van der Waals surface area contributed by atoms with Crippen LogP contribution in [0, 0.1) is 5.92 Å². The molecule has 1 aliphatic carbocycles. The summed E-state index contributed by atoms with van der Waals surface area (Å²) >= 11 is 0. The predicted octanol–water partition coefficient (Wildman–Crippen LogP) is 0.976. The monoisotopic (exact) mass is 208 g/mol. The van der Waals surface area contributed by atoms with Gasteiger partial charge in [0.05, 0.1) is 18.1 Å². The molecule has 15 heavy (non-hydrogen) atoms. The molecule has 2 atom stereocenters. The lowest BCUT2D eigenvalue weighted by molar-refractivity contribution is -0.144. The van der Waals surface area contributed by atoms with Gasteiger partial charge in [-0.1, -0.05) is 12.7 Å². The van der Waals surface area contributed by atoms with E-state index >= 15 is 0 Å². The van der Waals surface area contributed by atoms with Crippen molar-refractivity contribution in [3.8, 4) is 0 Å². The molecular formula is C11H12O4. The first kappa shape index (κ1) is 11.4. The summed E-state index contributed by atoms with van der Waals surface area (Å²) < 4.78 is 5.24. The molecule has 4 nitrogen and oxygen atoms in total. The van der Waals surface area contributed by atoms with Crippen LogP contribution in [0.2, 0.25) is 0 Å². The van der Waals surface area contributed by atoms with Crippen molar-refractivity contribution in [3.05, 3.63) is 30.4 Å². The highest BCUT2D eigenvalue weighted by atomic mass is 16.5. The van der Waals surface area contributed by atoms with Gasteiger partial charge < -0.3 is 9.84 Å². The molecule has 0 aromatic rings. The van der Waals surface area contributed by atoms with Crippen LogP contribution in [-0.2, 0) is 14.3 Å². The lowest BCUT2D eigenvalue weighted by Crippen LogP contribution is -2.26. The van der Waals surface area contributed by atoms with Gasteiger partial charge >= 0.3 is 5.97 Å². The van der Waals surface area contributed by atoms with Crippen molar-refractivity contribution in [1.82, 2.24) is 0 Å². The van der Waals surface area contributed by atoms with Crippen LogP contribution in [0.4, 0.5) is 0 Å². The van der Waals surface area contributed by atoms with E-state index in [0.29, 0.717) is 5.57 Å². The Morgan fingerprint density at radius 1 is 1.73 bits per heavy atom. The largest absolute Gasteiger partial charge is 0.481 e. The maximum Gasteiger partial charge on any atom is 0.309 e. The number of carboxylic acids is 1. The smallest absolute Gasteiger partial charge is 0.309 e. The quantitative estimate of drug-likeness (QED) is 0.552. The van der Waals surface area contributed by atoms with Gasteiger partial charge in [-0.3, -0.25) is 4.79 Å². The molecule has 0 bridgehead atoms. The standard InChI is InChI=1S/C11H12O4/c1-3-4-15-10-8(11(13)14)5-7(2)9(10)6-12/h3,8,10H,1-2,4-5H2,(H,13,14)/t8-,10+/m0/s1. The molecule has 80 valence electrons. The Morgan fingerprint density at radius 3 is 2.87 bits per heavy atom. The average Bonchev–Trinajstić information content (AvgIpc) is 2.51. The Labute approximate surface area is 87.5 Å². The lowest BCUT2D eigenvalue weighted by atomic mass is 10.1. The molecule has 0 unspecified atom stereocenters. The molecule has 0 aromatic heterocycles. The Bertz CT molecular complexity index is 350. The fraction of sp³-hybridized carbons (Fsp3) is 0.364. The molecule has 0 amide bonds. The zero-order valence-electron chi connectivity index (χ0n) is 8.23. The van der Waals surface area contributed by atoms with Crippen LogP contribution in [0.25, 0.3) is 0 Å². The summed E-state index contributed by atoms with van der Waals surface area (Å²) in [6.45, 7) is 7.29. The van der Waals surface area contributed by atoms with Crippen LogP contribution in [-0.4, -0.2) is 29.7 Å². The molecule has 1 rings (SSSR count). The maximum atomic E-state index is 10.9. The number of carbonyl (C=O) groups is 1. The number of hydrogen-bond donors (Lipinski definition) is 1. The summed E-state index contributed by atoms with van der Waals surface area (Å²) in [5, 5.41) is 8.92. The molecule has 4 heteroatoms. The highest BCUT2D eigenvalue weighted by Gasteiger charge is 2.40. The molecule has 1 fully saturated rings. The van der Waals surface area contributed by atoms with E-state index in [-0.39, 0.29) is 18.6 Å². The van der Waals surface area contributed by atoms with Crippen LogP contribution in [0.1, 0.15) is 6.42 Å². The Balaban J connectivity index is 2.92. The van der Waals surface area contributed by atoms with Crippen molar-refractivity contribution >= 4 is 11.9 Å². The van der Waals surface area contributed by atoms with E-state index in [1.165, 1.54) is 6.08 Å². The van der Waals surface area contributed by atoms with Crippen molar-refractivity contribution in [2.45, 2.75) is 12.5 Å². The summed E-state index contributed by atoms with van der Waals surface area (Å²) in [4.78, 5) is 21.5. The van der Waals surface area contributed by atoms with Crippen molar-refractivity contribution < 1.29 is 19.4 Å². The van der Waals surface area contributed by atoms with Gasteiger partial charge in [0.1, 0.15) is 12.0 Å². The number of ether oxygens (including phenoxy) is 1. The highest BCUT2D eigenvalue weighted by Crippen LogP contribution is 2.35. The van der Waals surface area contributed by atoms with E-state index in [1.54, 1.807) is 5.94 Å². The van der Waals surface area contributed by atoms with E-state index < -0.39 is 18.0 Å². The van der Waals surface area contributed by atoms with E-state index in [1.807, 2.05) is 0 Å². The van der Waals surface area contributed by atoms with E-state index in [9.17, 15) is 9.59 Å². The van der Waals surface area contributed by atoms with Crippen molar-refractivity contribution in [1.29, 1.82) is 0 Å². The average molecular weight is 208 g/mol. The highest BCUT2D eigenvalue weighted by molar-refractivity contribution is 5.77. The minimum atomic E-state index is -0.990. The molecule has 1 N–H and O–H groups in total. The van der Waals surface area contributed by atoms with Gasteiger partial charge in [0.15, 0.2) is 0 Å². The first-order valence-corrected chi connectivity index (χ1v) is 4.50. The lowest BCUT2D eigenvalue weighted by Gasteiger charge is -2.14. The molecule has 0 aliphatic heterocycles. The summed E-state index contributed by atoms with van der Waals surface area (Å²) in [5.41, 5.74) is 0.718. The van der Waals surface area contributed by atoms with Gasteiger partial charge in [0.25, 0.3) is 0 Å². The molecule has 1 saturated carbocycles. The van der Waals surface area contributed by atoms with E-state index in [4.69, 9.17) is 9.84 Å². The number of hydrogen-bond acceptors (Lipinski definition) is 3. The van der Waals surface area contributed by atoms with Gasteiger partial charge in [0.2, 0.25) is 0 Å². The zero-order chi connectivity index (χ0) is 11.4. The van der Waals surface area contributed by atoms with Gasteiger partial charge in [-0.2, -0.15) is 0 Å². The van der Waals surface area contributed by atoms with Gasteiger partial charge in [0, 0.05) is 0 Å². The molecule has 0 heterocycles. The summed E-state index contributed by atoms with van der Waals surface area (Å²) in [5.74, 6) is -0.0301. The zero-order valence-corrected chi connectivity index (χ0v) is 8.23. The Kier molecular flexibility index (Phi) is 3.61. The van der Waals surface area contributed by atoms with Gasteiger partial charge in [-0.15, -0.1) is 6.58 Å². The molecule has 0 saturated heterocycles.